The van der Waals surface area contributed by atoms with Crippen LogP contribution in [0.4, 0.5) is 0 Å². The van der Waals surface area contributed by atoms with E-state index in [1.165, 1.54) is 6.42 Å². The summed E-state index contributed by atoms with van der Waals surface area (Å²) in [6.45, 7) is 5.60. The number of likely N-dealkylation sites (tertiary alicyclic amines) is 1. The molecular weight excluding hydrogens is 216 g/mol. The molecule has 0 amide bonds. The molecule has 0 saturated carbocycles. The van der Waals surface area contributed by atoms with Crippen LogP contribution < -0.4 is 5.73 Å². The van der Waals surface area contributed by atoms with Gasteiger partial charge in [-0.1, -0.05) is 0 Å². The highest BCUT2D eigenvalue weighted by Gasteiger charge is 2.22. The summed E-state index contributed by atoms with van der Waals surface area (Å²) in [6.07, 6.45) is 5.19. The Balaban J connectivity index is 1.80. The topological polar surface area (TPSA) is 56.3 Å². The Bertz CT molecular complexity index is 339. The van der Waals surface area contributed by atoms with Gasteiger partial charge in [0.2, 0.25) is 0 Å². The van der Waals surface area contributed by atoms with E-state index in [2.05, 4.69) is 20.6 Å². The van der Waals surface area contributed by atoms with Gasteiger partial charge < -0.3 is 15.0 Å². The SMILES string of the molecule is COCC1CCN(Cc2cn(CCN)cn2)C1. The summed E-state index contributed by atoms with van der Waals surface area (Å²) in [5.74, 6) is 0.686. The van der Waals surface area contributed by atoms with E-state index in [0.29, 0.717) is 12.5 Å². The molecule has 17 heavy (non-hydrogen) atoms. The van der Waals surface area contributed by atoms with Crippen LogP contribution in [0.5, 0.6) is 0 Å². The fraction of sp³-hybridized carbons (Fsp3) is 0.750. The minimum atomic E-state index is 0.662. The lowest BCUT2D eigenvalue weighted by atomic mass is 10.1. The molecule has 1 aromatic heterocycles. The monoisotopic (exact) mass is 238 g/mol. The highest BCUT2D eigenvalue weighted by Crippen LogP contribution is 2.18. The van der Waals surface area contributed by atoms with Gasteiger partial charge in [0, 0.05) is 39.5 Å². The van der Waals surface area contributed by atoms with E-state index in [9.17, 15) is 0 Å². The summed E-state index contributed by atoms with van der Waals surface area (Å²) in [5, 5.41) is 0. The van der Waals surface area contributed by atoms with Crippen LogP contribution in [0.15, 0.2) is 12.5 Å². The van der Waals surface area contributed by atoms with E-state index in [1.54, 1.807) is 7.11 Å². The fourth-order valence-corrected chi connectivity index (χ4v) is 2.42. The molecule has 0 spiro atoms. The normalized spacial score (nSPS) is 21.2. The van der Waals surface area contributed by atoms with Crippen molar-refractivity contribution in [2.45, 2.75) is 19.5 Å². The summed E-state index contributed by atoms with van der Waals surface area (Å²) in [4.78, 5) is 6.85. The number of nitrogens with two attached hydrogens (primary N) is 1. The first kappa shape index (κ1) is 12.5. The van der Waals surface area contributed by atoms with Crippen molar-refractivity contribution in [3.63, 3.8) is 0 Å². The number of hydrogen-bond acceptors (Lipinski definition) is 4. The van der Waals surface area contributed by atoms with Crippen molar-refractivity contribution in [2.24, 2.45) is 11.7 Å². The summed E-state index contributed by atoms with van der Waals surface area (Å²) >= 11 is 0. The standard InChI is InChI=1S/C12H22N4O/c1-17-9-11-2-4-15(6-11)7-12-8-16(5-3-13)10-14-12/h8,10-11H,2-7,9,13H2,1H3. The number of aromatic nitrogens is 2. The first-order valence-electron chi connectivity index (χ1n) is 6.24. The van der Waals surface area contributed by atoms with Crippen LogP contribution in [0.3, 0.4) is 0 Å². The molecule has 1 aromatic rings. The summed E-state index contributed by atoms with van der Waals surface area (Å²) in [5.41, 5.74) is 6.65. The predicted molar refractivity (Wildman–Crippen MR) is 66.5 cm³/mol. The van der Waals surface area contributed by atoms with Crippen LogP contribution in [0.25, 0.3) is 0 Å². The molecule has 2 N–H and O–H groups in total. The van der Waals surface area contributed by atoms with Crippen LogP contribution >= 0.6 is 0 Å². The quantitative estimate of drug-likeness (QED) is 0.775. The van der Waals surface area contributed by atoms with Gasteiger partial charge >= 0.3 is 0 Å². The van der Waals surface area contributed by atoms with Crippen LogP contribution in [0.2, 0.25) is 0 Å². The molecule has 1 unspecified atom stereocenters. The van der Waals surface area contributed by atoms with Gasteiger partial charge in [-0.05, 0) is 18.9 Å². The Morgan fingerprint density at radius 1 is 1.59 bits per heavy atom. The first-order valence-corrected chi connectivity index (χ1v) is 6.24. The molecular formula is C12H22N4O. The van der Waals surface area contributed by atoms with Crippen molar-refractivity contribution in [2.75, 3.05) is 33.4 Å². The van der Waals surface area contributed by atoms with Gasteiger partial charge in [0.15, 0.2) is 0 Å². The summed E-state index contributed by atoms with van der Waals surface area (Å²) in [7, 11) is 1.77. The van der Waals surface area contributed by atoms with Crippen LogP contribution in [-0.4, -0.2) is 47.8 Å². The van der Waals surface area contributed by atoms with Gasteiger partial charge in [-0.25, -0.2) is 4.98 Å². The average Bonchev–Trinajstić information content (AvgIpc) is 2.91. The lowest BCUT2D eigenvalue weighted by molar-refractivity contribution is 0.152. The molecule has 2 heterocycles. The maximum absolute atomic E-state index is 5.51. The highest BCUT2D eigenvalue weighted by atomic mass is 16.5. The molecule has 5 nitrogen and oxygen atoms in total. The van der Waals surface area contributed by atoms with Crippen molar-refractivity contribution >= 4 is 0 Å². The van der Waals surface area contributed by atoms with Crippen LogP contribution in [-0.2, 0) is 17.8 Å². The Kier molecular flexibility index (Phi) is 4.53. The molecule has 1 aliphatic heterocycles. The van der Waals surface area contributed by atoms with Gasteiger partial charge in [0.05, 0.1) is 18.6 Å². The number of rotatable bonds is 6. The molecule has 2 rings (SSSR count). The number of methoxy groups -OCH3 is 1. The van der Waals surface area contributed by atoms with Crippen molar-refractivity contribution in [3.8, 4) is 0 Å². The van der Waals surface area contributed by atoms with E-state index >= 15 is 0 Å². The lowest BCUT2D eigenvalue weighted by Gasteiger charge is -2.14. The smallest absolute Gasteiger partial charge is 0.0950 e. The van der Waals surface area contributed by atoms with E-state index in [1.807, 2.05) is 6.33 Å². The molecule has 0 aliphatic carbocycles. The van der Waals surface area contributed by atoms with E-state index in [-0.39, 0.29) is 0 Å². The number of ether oxygens (including phenoxy) is 1. The van der Waals surface area contributed by atoms with Crippen molar-refractivity contribution in [3.05, 3.63) is 18.2 Å². The Hall–Kier alpha value is -0.910. The van der Waals surface area contributed by atoms with Crippen LogP contribution in [0, 0.1) is 5.92 Å². The molecule has 1 fully saturated rings. The van der Waals surface area contributed by atoms with Gasteiger partial charge in [-0.3, -0.25) is 4.90 Å². The van der Waals surface area contributed by atoms with E-state index < -0.39 is 0 Å². The van der Waals surface area contributed by atoms with Crippen LogP contribution in [0.1, 0.15) is 12.1 Å². The second-order valence-electron chi connectivity index (χ2n) is 4.74. The third-order valence-electron chi connectivity index (χ3n) is 3.23. The number of hydrogen-bond donors (Lipinski definition) is 1. The molecule has 0 bridgehead atoms. The zero-order valence-corrected chi connectivity index (χ0v) is 10.5. The molecule has 0 radical (unpaired) electrons. The fourth-order valence-electron chi connectivity index (χ4n) is 2.42. The Labute approximate surface area is 103 Å². The number of nitrogens with zero attached hydrogens (tertiary/aromatic N) is 3. The van der Waals surface area contributed by atoms with Crippen molar-refractivity contribution < 1.29 is 4.74 Å². The van der Waals surface area contributed by atoms with E-state index in [4.69, 9.17) is 10.5 Å². The van der Waals surface area contributed by atoms with E-state index in [0.717, 1.165) is 38.5 Å². The summed E-state index contributed by atoms with van der Waals surface area (Å²) < 4.78 is 7.25. The zero-order valence-electron chi connectivity index (χ0n) is 10.5. The van der Waals surface area contributed by atoms with Crippen molar-refractivity contribution in [1.82, 2.24) is 14.5 Å². The largest absolute Gasteiger partial charge is 0.384 e. The van der Waals surface area contributed by atoms with Gasteiger partial charge in [0.1, 0.15) is 0 Å². The first-order chi connectivity index (χ1) is 8.31. The third kappa shape index (κ3) is 3.52. The Morgan fingerprint density at radius 3 is 3.24 bits per heavy atom. The maximum atomic E-state index is 5.51. The zero-order chi connectivity index (χ0) is 12.1. The average molecular weight is 238 g/mol. The van der Waals surface area contributed by atoms with Gasteiger partial charge in [-0.2, -0.15) is 0 Å². The third-order valence-corrected chi connectivity index (χ3v) is 3.23. The highest BCUT2D eigenvalue weighted by molar-refractivity contribution is 4.97. The minimum absolute atomic E-state index is 0.662. The Morgan fingerprint density at radius 2 is 2.47 bits per heavy atom. The molecule has 1 aliphatic rings. The van der Waals surface area contributed by atoms with Gasteiger partial charge in [0.25, 0.3) is 0 Å². The molecule has 0 aromatic carbocycles. The predicted octanol–water partition coefficient (Wildman–Crippen LogP) is 0.310. The minimum Gasteiger partial charge on any atom is -0.384 e. The molecule has 5 heteroatoms. The second-order valence-corrected chi connectivity index (χ2v) is 4.74. The maximum Gasteiger partial charge on any atom is 0.0950 e. The molecule has 1 saturated heterocycles. The second kappa shape index (κ2) is 6.14. The lowest BCUT2D eigenvalue weighted by Crippen LogP contribution is -2.21. The van der Waals surface area contributed by atoms with Gasteiger partial charge in [-0.15, -0.1) is 0 Å². The summed E-state index contributed by atoms with van der Waals surface area (Å²) in [6, 6.07) is 0. The number of imidazole rings is 1. The molecule has 1 atom stereocenters. The van der Waals surface area contributed by atoms with Crippen molar-refractivity contribution in [1.29, 1.82) is 0 Å². The molecule has 96 valence electrons.